The minimum atomic E-state index is -4.39. The molecule has 1 heterocycles. The van der Waals surface area contributed by atoms with Crippen LogP contribution in [0, 0.1) is 0 Å². The van der Waals surface area contributed by atoms with Crippen LogP contribution in [-0.4, -0.2) is 10.2 Å². The van der Waals surface area contributed by atoms with Crippen molar-refractivity contribution in [1.29, 1.82) is 0 Å². The third kappa shape index (κ3) is 3.18. The van der Waals surface area contributed by atoms with E-state index in [1.165, 1.54) is 17.4 Å². The summed E-state index contributed by atoms with van der Waals surface area (Å²) in [7, 11) is 0. The van der Waals surface area contributed by atoms with Gasteiger partial charge in [0.25, 0.3) is 0 Å². The van der Waals surface area contributed by atoms with Crippen LogP contribution in [0.5, 0.6) is 0 Å². The van der Waals surface area contributed by atoms with Gasteiger partial charge in [-0.05, 0) is 24.6 Å². The molecule has 1 unspecified atom stereocenters. The first-order chi connectivity index (χ1) is 9.32. The van der Waals surface area contributed by atoms with Crippen molar-refractivity contribution in [2.24, 2.45) is 5.73 Å². The molecule has 0 amide bonds. The Morgan fingerprint density at radius 1 is 1.35 bits per heavy atom. The summed E-state index contributed by atoms with van der Waals surface area (Å²) in [6.07, 6.45) is -3.69. The summed E-state index contributed by atoms with van der Waals surface area (Å²) in [5.74, 6) is 0. The van der Waals surface area contributed by atoms with E-state index in [-0.39, 0.29) is 6.04 Å². The van der Waals surface area contributed by atoms with E-state index in [0.717, 1.165) is 12.1 Å². The Hall–Kier alpha value is -0.990. The molecule has 0 saturated heterocycles. The van der Waals surface area contributed by atoms with Crippen LogP contribution in [-0.2, 0) is 6.18 Å². The van der Waals surface area contributed by atoms with Gasteiger partial charge in [-0.1, -0.05) is 34.2 Å². The summed E-state index contributed by atoms with van der Waals surface area (Å²) in [4.78, 5) is 0. The van der Waals surface area contributed by atoms with Gasteiger partial charge in [-0.15, -0.1) is 10.2 Å². The zero-order chi connectivity index (χ0) is 14.9. The van der Waals surface area contributed by atoms with Crippen LogP contribution in [0.1, 0.15) is 30.0 Å². The topological polar surface area (TPSA) is 51.8 Å². The van der Waals surface area contributed by atoms with Crippen LogP contribution in [0.4, 0.5) is 13.2 Å². The third-order valence-corrected chi connectivity index (χ3v) is 4.50. The summed E-state index contributed by atoms with van der Waals surface area (Å²) in [5, 5.41) is 8.90. The summed E-state index contributed by atoms with van der Waals surface area (Å²) in [6.45, 7) is 1.91. The average molecular weight is 366 g/mol. The predicted octanol–water partition coefficient (Wildman–Crippen LogP) is 4.40. The molecule has 1 atom stereocenters. The Balaban J connectivity index is 2.44. The predicted molar refractivity (Wildman–Crippen MR) is 75.3 cm³/mol. The van der Waals surface area contributed by atoms with Gasteiger partial charge in [0.05, 0.1) is 11.6 Å². The standard InChI is InChI=1S/C12H11BrF3N3S/c1-2-9(17)11-19-18-10(20-11)7-5-6(12(14,15)16)3-4-8(7)13/h3-5,9H,2,17H2,1H3. The minimum Gasteiger partial charge on any atom is -0.322 e. The molecule has 3 nitrogen and oxygen atoms in total. The molecule has 0 aliphatic heterocycles. The molecular weight excluding hydrogens is 355 g/mol. The largest absolute Gasteiger partial charge is 0.416 e. The lowest BCUT2D eigenvalue weighted by Crippen LogP contribution is -2.07. The lowest BCUT2D eigenvalue weighted by Gasteiger charge is -2.08. The highest BCUT2D eigenvalue weighted by molar-refractivity contribution is 9.10. The molecule has 0 aliphatic carbocycles. The van der Waals surface area contributed by atoms with Crippen molar-refractivity contribution in [3.05, 3.63) is 33.2 Å². The highest BCUT2D eigenvalue weighted by Gasteiger charge is 2.31. The molecular formula is C12H11BrF3N3S. The Labute approximate surface area is 126 Å². The molecule has 2 rings (SSSR count). The maximum absolute atomic E-state index is 12.7. The average Bonchev–Trinajstić information content (AvgIpc) is 2.86. The third-order valence-electron chi connectivity index (χ3n) is 2.72. The van der Waals surface area contributed by atoms with Crippen LogP contribution in [0.2, 0.25) is 0 Å². The molecule has 0 radical (unpaired) electrons. The Bertz CT molecular complexity index is 612. The van der Waals surface area contributed by atoms with E-state index in [9.17, 15) is 13.2 Å². The van der Waals surface area contributed by atoms with Gasteiger partial charge in [-0.25, -0.2) is 0 Å². The van der Waals surface area contributed by atoms with Crippen molar-refractivity contribution in [2.75, 3.05) is 0 Å². The van der Waals surface area contributed by atoms with Crippen molar-refractivity contribution in [1.82, 2.24) is 10.2 Å². The smallest absolute Gasteiger partial charge is 0.322 e. The second-order valence-electron chi connectivity index (χ2n) is 4.15. The fourth-order valence-electron chi connectivity index (χ4n) is 1.53. The monoisotopic (exact) mass is 365 g/mol. The van der Waals surface area contributed by atoms with Crippen molar-refractivity contribution >= 4 is 27.3 Å². The van der Waals surface area contributed by atoms with Gasteiger partial charge in [-0.2, -0.15) is 13.2 Å². The number of nitrogens with two attached hydrogens (primary N) is 1. The van der Waals surface area contributed by atoms with Gasteiger partial charge in [0.2, 0.25) is 0 Å². The van der Waals surface area contributed by atoms with Crippen molar-refractivity contribution in [3.8, 4) is 10.6 Å². The molecule has 1 aromatic carbocycles. The van der Waals surface area contributed by atoms with Crippen LogP contribution >= 0.6 is 27.3 Å². The first-order valence-corrected chi connectivity index (χ1v) is 7.40. The van der Waals surface area contributed by atoms with E-state index in [0.29, 0.717) is 26.5 Å². The van der Waals surface area contributed by atoms with E-state index in [2.05, 4.69) is 26.1 Å². The summed E-state index contributed by atoms with van der Waals surface area (Å²) < 4.78 is 38.7. The molecule has 0 fully saturated rings. The lowest BCUT2D eigenvalue weighted by molar-refractivity contribution is -0.137. The Morgan fingerprint density at radius 3 is 2.65 bits per heavy atom. The SMILES string of the molecule is CCC(N)c1nnc(-c2cc(C(F)(F)F)ccc2Br)s1. The molecule has 8 heteroatoms. The second-order valence-corrected chi connectivity index (χ2v) is 6.02. The molecule has 108 valence electrons. The molecule has 0 bridgehead atoms. The molecule has 2 N–H and O–H groups in total. The van der Waals surface area contributed by atoms with Gasteiger partial charge >= 0.3 is 6.18 Å². The van der Waals surface area contributed by atoms with Crippen LogP contribution in [0.15, 0.2) is 22.7 Å². The van der Waals surface area contributed by atoms with Gasteiger partial charge in [0.15, 0.2) is 0 Å². The van der Waals surface area contributed by atoms with E-state index in [1.807, 2.05) is 6.92 Å². The zero-order valence-electron chi connectivity index (χ0n) is 10.4. The van der Waals surface area contributed by atoms with Gasteiger partial charge in [0, 0.05) is 10.0 Å². The van der Waals surface area contributed by atoms with E-state index in [1.54, 1.807) is 0 Å². The Kier molecular flexibility index (Phi) is 4.46. The quantitative estimate of drug-likeness (QED) is 0.876. The molecule has 0 saturated carbocycles. The zero-order valence-corrected chi connectivity index (χ0v) is 12.8. The molecule has 20 heavy (non-hydrogen) atoms. The van der Waals surface area contributed by atoms with Crippen molar-refractivity contribution in [3.63, 3.8) is 0 Å². The normalized spacial score (nSPS) is 13.5. The van der Waals surface area contributed by atoms with E-state index in [4.69, 9.17) is 5.73 Å². The van der Waals surface area contributed by atoms with Crippen LogP contribution < -0.4 is 5.73 Å². The first kappa shape index (κ1) is 15.4. The summed E-state index contributed by atoms with van der Waals surface area (Å²) >= 11 is 4.45. The summed E-state index contributed by atoms with van der Waals surface area (Å²) in [5.41, 5.74) is 5.49. The number of hydrogen-bond acceptors (Lipinski definition) is 4. The number of rotatable bonds is 3. The molecule has 0 aliphatic rings. The number of nitrogens with zero attached hydrogens (tertiary/aromatic N) is 2. The minimum absolute atomic E-state index is 0.245. The number of benzene rings is 1. The van der Waals surface area contributed by atoms with Gasteiger partial charge < -0.3 is 5.73 Å². The van der Waals surface area contributed by atoms with Crippen molar-refractivity contribution < 1.29 is 13.2 Å². The number of hydrogen-bond donors (Lipinski definition) is 1. The maximum Gasteiger partial charge on any atom is 0.416 e. The fraction of sp³-hybridized carbons (Fsp3) is 0.333. The van der Waals surface area contributed by atoms with Crippen LogP contribution in [0.3, 0.4) is 0 Å². The number of aromatic nitrogens is 2. The van der Waals surface area contributed by atoms with Gasteiger partial charge in [0.1, 0.15) is 10.0 Å². The number of halogens is 4. The van der Waals surface area contributed by atoms with E-state index < -0.39 is 11.7 Å². The second kappa shape index (κ2) is 5.79. The maximum atomic E-state index is 12.7. The highest BCUT2D eigenvalue weighted by Crippen LogP contribution is 2.37. The first-order valence-electron chi connectivity index (χ1n) is 5.79. The lowest BCUT2D eigenvalue weighted by atomic mass is 10.1. The molecule has 2 aromatic rings. The fourth-order valence-corrected chi connectivity index (χ4v) is 3.06. The highest BCUT2D eigenvalue weighted by atomic mass is 79.9. The number of alkyl halides is 3. The molecule has 0 spiro atoms. The Morgan fingerprint density at radius 2 is 2.05 bits per heavy atom. The summed E-state index contributed by atoms with van der Waals surface area (Å²) in [6, 6.07) is 3.20. The van der Waals surface area contributed by atoms with Crippen LogP contribution in [0.25, 0.3) is 10.6 Å². The van der Waals surface area contributed by atoms with E-state index >= 15 is 0 Å². The molecule has 1 aromatic heterocycles. The van der Waals surface area contributed by atoms with Crippen molar-refractivity contribution in [2.45, 2.75) is 25.6 Å². The van der Waals surface area contributed by atoms with Gasteiger partial charge in [-0.3, -0.25) is 0 Å².